The van der Waals surface area contributed by atoms with E-state index in [1.54, 1.807) is 0 Å². The molecule has 0 saturated carbocycles. The molecule has 1 nitrogen and oxygen atoms in total. The molecule has 3 rings (SSSR count). The molecule has 0 aliphatic rings. The van der Waals surface area contributed by atoms with Crippen LogP contribution in [0, 0.1) is 0 Å². The third-order valence-electron chi connectivity index (χ3n) is 4.06. The van der Waals surface area contributed by atoms with E-state index in [9.17, 15) is 0 Å². The van der Waals surface area contributed by atoms with Crippen LogP contribution in [0.4, 0.5) is 5.69 Å². The fraction of sp³-hybridized carbons (Fsp3) is 0. The molecular weight excluding hydrogens is 302 g/mol. The minimum Gasteiger partial charge on any atom is -0.355 e. The standard InChI is InChI=1S/C24H21N/c1-3-21(19-13-7-5-8-14-19)23(4-2)25-24-18-12-11-17-22(24)20-15-9-6-10-16-20/h3-18,25H,1-2H2/b23-21+. The lowest BCUT2D eigenvalue weighted by atomic mass is 10.0. The Morgan fingerprint density at radius 1 is 0.680 bits per heavy atom. The zero-order valence-electron chi connectivity index (χ0n) is 14.2. The maximum absolute atomic E-state index is 3.99. The molecule has 0 aliphatic carbocycles. The van der Waals surface area contributed by atoms with Crippen LogP contribution in [-0.4, -0.2) is 0 Å². The van der Waals surface area contributed by atoms with Gasteiger partial charge in [-0.25, -0.2) is 0 Å². The molecule has 0 heterocycles. The molecule has 0 fully saturated rings. The summed E-state index contributed by atoms with van der Waals surface area (Å²) in [7, 11) is 0. The molecule has 0 spiro atoms. The van der Waals surface area contributed by atoms with Gasteiger partial charge in [-0.3, -0.25) is 0 Å². The molecule has 1 N–H and O–H groups in total. The fourth-order valence-electron chi connectivity index (χ4n) is 2.84. The zero-order valence-corrected chi connectivity index (χ0v) is 14.2. The van der Waals surface area contributed by atoms with Crippen molar-refractivity contribution < 1.29 is 0 Å². The summed E-state index contributed by atoms with van der Waals surface area (Å²) < 4.78 is 0. The van der Waals surface area contributed by atoms with Crippen LogP contribution in [0.5, 0.6) is 0 Å². The highest BCUT2D eigenvalue weighted by Crippen LogP contribution is 2.30. The first-order chi connectivity index (χ1) is 12.3. The first-order valence-corrected chi connectivity index (χ1v) is 8.29. The second-order valence-electron chi connectivity index (χ2n) is 5.64. The first-order valence-electron chi connectivity index (χ1n) is 8.29. The van der Waals surface area contributed by atoms with Crippen LogP contribution < -0.4 is 5.32 Å². The number of rotatable bonds is 6. The summed E-state index contributed by atoms with van der Waals surface area (Å²) in [4.78, 5) is 0. The first kappa shape index (κ1) is 16.5. The minimum atomic E-state index is 0.935. The Balaban J connectivity index is 2.05. The van der Waals surface area contributed by atoms with Crippen LogP contribution in [0.15, 0.2) is 116 Å². The monoisotopic (exact) mass is 323 g/mol. The maximum Gasteiger partial charge on any atom is 0.0464 e. The summed E-state index contributed by atoms with van der Waals surface area (Å²) in [6.07, 6.45) is 3.70. The number of para-hydroxylation sites is 1. The number of nitrogens with one attached hydrogen (secondary N) is 1. The largest absolute Gasteiger partial charge is 0.355 e. The van der Waals surface area contributed by atoms with E-state index in [-0.39, 0.29) is 0 Å². The van der Waals surface area contributed by atoms with E-state index in [0.29, 0.717) is 0 Å². The highest BCUT2D eigenvalue weighted by atomic mass is 14.9. The van der Waals surface area contributed by atoms with Crippen LogP contribution in [0.25, 0.3) is 16.7 Å². The zero-order chi connectivity index (χ0) is 17.5. The van der Waals surface area contributed by atoms with Gasteiger partial charge in [-0.2, -0.15) is 0 Å². The molecule has 0 radical (unpaired) electrons. The van der Waals surface area contributed by atoms with Crippen molar-refractivity contribution in [2.24, 2.45) is 0 Å². The van der Waals surface area contributed by atoms with Gasteiger partial charge in [-0.05, 0) is 23.3 Å². The van der Waals surface area contributed by atoms with Gasteiger partial charge in [0, 0.05) is 22.5 Å². The van der Waals surface area contributed by atoms with Crippen LogP contribution >= 0.6 is 0 Å². The second kappa shape index (κ2) is 7.98. The predicted molar refractivity (Wildman–Crippen MR) is 109 cm³/mol. The van der Waals surface area contributed by atoms with Crippen molar-refractivity contribution in [3.05, 3.63) is 121 Å². The molecule has 0 aliphatic heterocycles. The summed E-state index contributed by atoms with van der Waals surface area (Å²) in [5, 5.41) is 3.54. The summed E-state index contributed by atoms with van der Waals surface area (Å²) in [5.74, 6) is 0. The Hall–Kier alpha value is -3.32. The van der Waals surface area contributed by atoms with E-state index in [1.165, 1.54) is 5.56 Å². The van der Waals surface area contributed by atoms with E-state index in [0.717, 1.165) is 28.1 Å². The Morgan fingerprint density at radius 3 is 1.92 bits per heavy atom. The quantitative estimate of drug-likeness (QED) is 0.507. The van der Waals surface area contributed by atoms with Gasteiger partial charge in [-0.15, -0.1) is 0 Å². The minimum absolute atomic E-state index is 0.935. The van der Waals surface area contributed by atoms with Gasteiger partial charge >= 0.3 is 0 Å². The van der Waals surface area contributed by atoms with Crippen molar-refractivity contribution in [3.8, 4) is 11.1 Å². The lowest BCUT2D eigenvalue weighted by Crippen LogP contribution is -2.01. The molecular formula is C24H21N. The third kappa shape index (κ3) is 3.78. The Labute approximate surface area is 149 Å². The summed E-state index contributed by atoms with van der Waals surface area (Å²) in [6, 6.07) is 28.9. The van der Waals surface area contributed by atoms with E-state index in [2.05, 4.69) is 73.1 Å². The summed E-state index contributed by atoms with van der Waals surface area (Å²) in [6.45, 7) is 7.97. The smallest absolute Gasteiger partial charge is 0.0464 e. The van der Waals surface area contributed by atoms with Crippen molar-refractivity contribution in [1.29, 1.82) is 0 Å². The van der Waals surface area contributed by atoms with Crippen molar-refractivity contribution >= 4 is 11.3 Å². The lowest BCUT2D eigenvalue weighted by Gasteiger charge is -2.16. The van der Waals surface area contributed by atoms with Crippen LogP contribution in [0.2, 0.25) is 0 Å². The molecule has 1 heteroatoms. The molecule has 25 heavy (non-hydrogen) atoms. The van der Waals surface area contributed by atoms with Crippen molar-refractivity contribution in [2.45, 2.75) is 0 Å². The molecule has 3 aromatic rings. The van der Waals surface area contributed by atoms with Gasteiger partial charge in [0.25, 0.3) is 0 Å². The fourth-order valence-corrected chi connectivity index (χ4v) is 2.84. The highest BCUT2D eigenvalue weighted by Gasteiger charge is 2.08. The maximum atomic E-state index is 3.99. The number of benzene rings is 3. The molecule has 0 aromatic heterocycles. The van der Waals surface area contributed by atoms with Crippen molar-refractivity contribution in [3.63, 3.8) is 0 Å². The Kier molecular flexibility index (Phi) is 5.28. The van der Waals surface area contributed by atoms with Gasteiger partial charge in [0.05, 0.1) is 0 Å². The van der Waals surface area contributed by atoms with E-state index in [4.69, 9.17) is 0 Å². The van der Waals surface area contributed by atoms with Crippen LogP contribution in [0.1, 0.15) is 5.56 Å². The lowest BCUT2D eigenvalue weighted by molar-refractivity contribution is 1.46. The van der Waals surface area contributed by atoms with Crippen LogP contribution in [-0.2, 0) is 0 Å². The van der Waals surface area contributed by atoms with E-state index >= 15 is 0 Å². The van der Waals surface area contributed by atoms with E-state index < -0.39 is 0 Å². The van der Waals surface area contributed by atoms with Gasteiger partial charge in [0.15, 0.2) is 0 Å². The van der Waals surface area contributed by atoms with E-state index in [1.807, 2.05) is 42.5 Å². The molecule has 0 amide bonds. The van der Waals surface area contributed by atoms with Crippen LogP contribution in [0.3, 0.4) is 0 Å². The molecule has 3 aromatic carbocycles. The Morgan fingerprint density at radius 2 is 1.28 bits per heavy atom. The summed E-state index contributed by atoms with van der Waals surface area (Å²) in [5.41, 5.74) is 6.44. The third-order valence-corrected chi connectivity index (χ3v) is 4.06. The van der Waals surface area contributed by atoms with Crippen molar-refractivity contribution in [2.75, 3.05) is 5.32 Å². The topological polar surface area (TPSA) is 12.0 Å². The van der Waals surface area contributed by atoms with Gasteiger partial charge in [0.2, 0.25) is 0 Å². The SMILES string of the molecule is C=C/C(Nc1ccccc1-c1ccccc1)=C(/C=C)c1ccccc1. The van der Waals surface area contributed by atoms with Gasteiger partial charge < -0.3 is 5.32 Å². The molecule has 122 valence electrons. The van der Waals surface area contributed by atoms with Crippen molar-refractivity contribution in [1.82, 2.24) is 0 Å². The molecule has 0 bridgehead atoms. The number of hydrogen-bond donors (Lipinski definition) is 1. The molecule has 0 unspecified atom stereocenters. The van der Waals surface area contributed by atoms with Gasteiger partial charge in [-0.1, -0.05) is 98.1 Å². The number of anilines is 1. The number of hydrogen-bond acceptors (Lipinski definition) is 1. The highest BCUT2D eigenvalue weighted by molar-refractivity contribution is 5.84. The van der Waals surface area contributed by atoms with Gasteiger partial charge in [0.1, 0.15) is 0 Å². The normalized spacial score (nSPS) is 11.4. The second-order valence-corrected chi connectivity index (χ2v) is 5.64. The molecule has 0 atom stereocenters. The summed E-state index contributed by atoms with van der Waals surface area (Å²) >= 11 is 0. The predicted octanol–water partition coefficient (Wildman–Crippen LogP) is 6.55. The average Bonchev–Trinajstić information content (AvgIpc) is 2.69. The number of allylic oxidation sites excluding steroid dienone is 3. The Bertz CT molecular complexity index is 890. The molecule has 0 saturated heterocycles. The average molecular weight is 323 g/mol.